The number of aryl methyl sites for hydroxylation is 1. The number of halogens is 1. The van der Waals surface area contributed by atoms with Gasteiger partial charge in [-0.3, -0.25) is 14.5 Å². The first kappa shape index (κ1) is 20.4. The van der Waals surface area contributed by atoms with E-state index in [1.807, 2.05) is 6.07 Å². The topological polar surface area (TPSA) is 103 Å². The second-order valence-electron chi connectivity index (χ2n) is 7.13. The second-order valence-corrected chi connectivity index (χ2v) is 7.49. The summed E-state index contributed by atoms with van der Waals surface area (Å²) in [5.74, 6) is -1.03. The number of thiocarbonyl (C=S) groups is 1. The van der Waals surface area contributed by atoms with Crippen LogP contribution < -0.4 is 15.5 Å². The Labute approximate surface area is 172 Å². The lowest BCUT2D eigenvalue weighted by molar-refractivity contribution is -0.120. The number of rotatable bonds is 4. The van der Waals surface area contributed by atoms with E-state index in [1.54, 1.807) is 37.8 Å². The minimum Gasteiger partial charge on any atom is -0.366 e. The van der Waals surface area contributed by atoms with Crippen LogP contribution in [0.5, 0.6) is 0 Å². The highest BCUT2D eigenvalue weighted by Gasteiger charge is 2.50. The van der Waals surface area contributed by atoms with E-state index in [4.69, 9.17) is 23.2 Å². The predicted molar refractivity (Wildman–Crippen MR) is 110 cm³/mol. The summed E-state index contributed by atoms with van der Waals surface area (Å²) in [5, 5.41) is 9.26. The lowest BCUT2D eigenvalue weighted by Crippen LogP contribution is -2.44. The average molecular weight is 411 g/mol. The molecule has 1 aliphatic rings. The third-order valence-corrected chi connectivity index (χ3v) is 5.22. The molecule has 9 heteroatoms. The first-order valence-corrected chi connectivity index (χ1v) is 9.08. The maximum Gasteiger partial charge on any atom is 0.259 e. The minimum absolute atomic E-state index is 0.0780. The van der Waals surface area contributed by atoms with E-state index < -0.39 is 18.1 Å². The van der Waals surface area contributed by atoms with E-state index in [0.717, 1.165) is 0 Å². The van der Waals surface area contributed by atoms with Gasteiger partial charge >= 0.3 is 0 Å². The number of amides is 2. The fourth-order valence-corrected chi connectivity index (χ4v) is 3.85. The molecule has 3 rings (SSSR count). The van der Waals surface area contributed by atoms with Gasteiger partial charge in [0.2, 0.25) is 5.91 Å². The van der Waals surface area contributed by atoms with Crippen LogP contribution in [0.1, 0.15) is 41.0 Å². The van der Waals surface area contributed by atoms with Gasteiger partial charge < -0.3 is 10.6 Å². The molecule has 2 aromatic rings. The summed E-state index contributed by atoms with van der Waals surface area (Å²) in [5.41, 5.74) is 6.20. The molecule has 7 nitrogen and oxygen atoms in total. The molecule has 1 aromatic heterocycles. The monoisotopic (exact) mass is 411 g/mol. The number of alkyl halides is 1. The quantitative estimate of drug-likeness (QED) is 0.776. The molecule has 1 saturated heterocycles. The molecule has 29 heavy (non-hydrogen) atoms. The smallest absolute Gasteiger partial charge is 0.259 e. The molecule has 0 spiro atoms. The summed E-state index contributed by atoms with van der Waals surface area (Å²) in [6.07, 6.45) is 1.42. The Morgan fingerprint density at radius 2 is 2.03 bits per heavy atom. The molecular formula is C20H18FN5O2S. The Morgan fingerprint density at radius 1 is 1.34 bits per heavy atom. The molecule has 2 heterocycles. The van der Waals surface area contributed by atoms with Crippen LogP contribution in [0.4, 0.5) is 15.8 Å². The summed E-state index contributed by atoms with van der Waals surface area (Å²) in [7, 11) is 0. The number of carbonyl (C=O) groups excluding carboxylic acids is 2. The van der Waals surface area contributed by atoms with Gasteiger partial charge in [-0.1, -0.05) is 0 Å². The highest BCUT2D eigenvalue weighted by atomic mass is 32.1. The van der Waals surface area contributed by atoms with Crippen molar-refractivity contribution in [1.29, 1.82) is 5.26 Å². The van der Waals surface area contributed by atoms with Crippen molar-refractivity contribution in [2.24, 2.45) is 5.73 Å². The van der Waals surface area contributed by atoms with Crippen molar-refractivity contribution >= 4 is 40.5 Å². The lowest BCUT2D eigenvalue weighted by Gasteiger charge is -2.30. The number of benzene rings is 1. The zero-order chi connectivity index (χ0) is 21.5. The van der Waals surface area contributed by atoms with Gasteiger partial charge in [0.15, 0.2) is 5.11 Å². The van der Waals surface area contributed by atoms with Gasteiger partial charge in [-0.25, -0.2) is 9.37 Å². The van der Waals surface area contributed by atoms with Gasteiger partial charge in [0.1, 0.15) is 24.0 Å². The van der Waals surface area contributed by atoms with E-state index in [1.165, 1.54) is 23.2 Å². The summed E-state index contributed by atoms with van der Waals surface area (Å²) < 4.78 is 13.5. The van der Waals surface area contributed by atoms with Gasteiger partial charge in [0, 0.05) is 11.3 Å². The van der Waals surface area contributed by atoms with E-state index in [-0.39, 0.29) is 27.8 Å². The van der Waals surface area contributed by atoms with Gasteiger partial charge in [-0.05, 0) is 68.4 Å². The zero-order valence-corrected chi connectivity index (χ0v) is 16.9. The summed E-state index contributed by atoms with van der Waals surface area (Å²) in [6.45, 7) is 4.23. The summed E-state index contributed by atoms with van der Waals surface area (Å²) >= 11 is 5.57. The summed E-state index contributed by atoms with van der Waals surface area (Å²) in [4.78, 5) is 31.7. The van der Waals surface area contributed by atoms with E-state index >= 15 is 0 Å². The predicted octanol–water partition coefficient (Wildman–Crippen LogP) is 2.75. The third kappa shape index (κ3) is 3.21. The Balaban J connectivity index is 2.09. The van der Waals surface area contributed by atoms with Crippen molar-refractivity contribution in [1.82, 2.24) is 4.98 Å². The van der Waals surface area contributed by atoms with Crippen molar-refractivity contribution in [3.63, 3.8) is 0 Å². The van der Waals surface area contributed by atoms with Crippen molar-refractivity contribution in [2.45, 2.75) is 33.0 Å². The SMILES string of the molecule is Cc1cc(N2C(=O)C(C)(C)N(c3ccc(C(N)=O)c(CF)c3)C2=S)cnc1C#N. The van der Waals surface area contributed by atoms with Gasteiger partial charge in [0.25, 0.3) is 5.91 Å². The summed E-state index contributed by atoms with van der Waals surface area (Å²) in [6, 6.07) is 8.11. The van der Waals surface area contributed by atoms with Crippen LogP contribution in [0.3, 0.4) is 0 Å². The van der Waals surface area contributed by atoms with Crippen LogP contribution in [0.15, 0.2) is 30.5 Å². The first-order valence-electron chi connectivity index (χ1n) is 8.67. The van der Waals surface area contributed by atoms with Crippen molar-refractivity contribution in [2.75, 3.05) is 9.80 Å². The Kier molecular flexibility index (Phi) is 5.07. The molecular weight excluding hydrogens is 393 g/mol. The van der Waals surface area contributed by atoms with Crippen molar-refractivity contribution < 1.29 is 14.0 Å². The van der Waals surface area contributed by atoms with Gasteiger partial charge in [-0.2, -0.15) is 5.26 Å². The van der Waals surface area contributed by atoms with Crippen LogP contribution >= 0.6 is 12.2 Å². The van der Waals surface area contributed by atoms with Gasteiger partial charge in [-0.15, -0.1) is 0 Å². The zero-order valence-electron chi connectivity index (χ0n) is 16.1. The number of primary amides is 1. The number of nitrogens with zero attached hydrogens (tertiary/aromatic N) is 4. The molecule has 2 amide bonds. The molecule has 1 fully saturated rings. The minimum atomic E-state index is -1.07. The third-order valence-electron chi connectivity index (χ3n) is 4.85. The number of carbonyl (C=O) groups is 2. The molecule has 2 N–H and O–H groups in total. The standard InChI is InChI=1S/C20H18FN5O2S/c1-11-6-14(10-24-16(11)9-22)25-18(28)20(2,3)26(19(25)29)13-4-5-15(17(23)27)12(7-13)8-21/h4-7,10H,8H2,1-3H3,(H2,23,27). The molecule has 148 valence electrons. The number of hydrogen-bond acceptors (Lipinski definition) is 5. The highest BCUT2D eigenvalue weighted by molar-refractivity contribution is 7.81. The number of nitriles is 1. The van der Waals surface area contributed by atoms with Crippen molar-refractivity contribution in [3.05, 3.63) is 52.8 Å². The highest BCUT2D eigenvalue weighted by Crippen LogP contribution is 2.37. The van der Waals surface area contributed by atoms with Crippen LogP contribution in [0, 0.1) is 18.3 Å². The normalized spacial score (nSPS) is 15.6. The van der Waals surface area contributed by atoms with E-state index in [9.17, 15) is 14.0 Å². The van der Waals surface area contributed by atoms with Crippen LogP contribution in [0.2, 0.25) is 0 Å². The average Bonchev–Trinajstić information content (AvgIpc) is 2.85. The lowest BCUT2D eigenvalue weighted by atomic mass is 10.0. The Morgan fingerprint density at radius 3 is 2.59 bits per heavy atom. The molecule has 0 atom stereocenters. The van der Waals surface area contributed by atoms with Crippen LogP contribution in [-0.2, 0) is 11.5 Å². The number of pyridine rings is 1. The van der Waals surface area contributed by atoms with Crippen LogP contribution in [0.25, 0.3) is 0 Å². The number of hydrogen-bond donors (Lipinski definition) is 1. The molecule has 1 aliphatic heterocycles. The Hall–Kier alpha value is -3.38. The number of anilines is 2. The molecule has 0 aliphatic carbocycles. The maximum absolute atomic E-state index is 13.5. The first-order chi connectivity index (χ1) is 13.6. The maximum atomic E-state index is 13.5. The molecule has 0 saturated carbocycles. The van der Waals surface area contributed by atoms with E-state index in [2.05, 4.69) is 4.98 Å². The molecule has 1 aromatic carbocycles. The second kappa shape index (κ2) is 7.22. The van der Waals surface area contributed by atoms with Crippen molar-refractivity contribution in [3.8, 4) is 6.07 Å². The van der Waals surface area contributed by atoms with Crippen LogP contribution in [-0.4, -0.2) is 27.4 Å². The Bertz CT molecular complexity index is 1090. The van der Waals surface area contributed by atoms with E-state index in [0.29, 0.717) is 16.9 Å². The number of nitrogens with two attached hydrogens (primary N) is 1. The largest absolute Gasteiger partial charge is 0.366 e. The molecule has 0 unspecified atom stereocenters. The number of aromatic nitrogens is 1. The fourth-order valence-electron chi connectivity index (χ4n) is 3.33. The molecule has 0 radical (unpaired) electrons. The van der Waals surface area contributed by atoms with Gasteiger partial charge in [0.05, 0.1) is 11.9 Å². The molecule has 0 bridgehead atoms. The fraction of sp³-hybridized carbons (Fsp3) is 0.250.